The van der Waals surface area contributed by atoms with Crippen LogP contribution in [0.4, 0.5) is 0 Å². The summed E-state index contributed by atoms with van der Waals surface area (Å²) in [4.78, 5) is 2.49. The maximum atomic E-state index is 3.59. The molecule has 0 aliphatic carbocycles. The predicted octanol–water partition coefficient (Wildman–Crippen LogP) is 0.979. The van der Waals surface area contributed by atoms with Crippen molar-refractivity contribution in [2.24, 2.45) is 0 Å². The van der Waals surface area contributed by atoms with Gasteiger partial charge in [-0.2, -0.15) is 0 Å². The molecule has 2 fully saturated rings. The summed E-state index contributed by atoms with van der Waals surface area (Å²) in [7, 11) is 4.22. The van der Waals surface area contributed by atoms with Crippen molar-refractivity contribution in [1.82, 2.24) is 19.3 Å². The smallest absolute Gasteiger partial charge is 0.118 e. The van der Waals surface area contributed by atoms with Gasteiger partial charge in [0.15, 0.2) is 0 Å². The van der Waals surface area contributed by atoms with Crippen molar-refractivity contribution in [2.75, 3.05) is 46.9 Å². The summed E-state index contributed by atoms with van der Waals surface area (Å²) in [5.74, 6) is 0. The highest BCUT2D eigenvalue weighted by atomic mass is 31.1. The Bertz CT molecular complexity index is 153. The topological polar surface area (TPSA) is 21.8 Å². The Hall–Kier alpha value is 0.270. The first-order chi connectivity index (χ1) is 6.77. The molecule has 84 valence electrons. The highest BCUT2D eigenvalue weighted by Gasteiger charge is 2.27. The van der Waals surface area contributed by atoms with E-state index in [4.69, 9.17) is 0 Å². The molecule has 0 atom stereocenters. The van der Waals surface area contributed by atoms with Gasteiger partial charge in [0.05, 0.1) is 6.67 Å². The van der Waals surface area contributed by atoms with Gasteiger partial charge in [0.2, 0.25) is 0 Å². The van der Waals surface area contributed by atoms with Crippen molar-refractivity contribution in [3.8, 4) is 0 Å². The van der Waals surface area contributed by atoms with Gasteiger partial charge >= 0.3 is 0 Å². The minimum Gasteiger partial charge on any atom is -0.288 e. The van der Waals surface area contributed by atoms with Crippen LogP contribution in [0, 0.1) is 0 Å². The fraction of sp³-hybridized carbons (Fsp3) is 1.00. The standard InChI is InChI=1S/C7H17N4P.C2H6/c1-9-3-5-11-6-4-10(2)12(9)8-7-11;1-2/h8H,3-7H2,1-2H3;1-2H3. The minimum atomic E-state index is -0.204. The molecule has 2 aliphatic heterocycles. The molecule has 0 aromatic carbocycles. The Kier molecular flexibility index (Phi) is 5.28. The summed E-state index contributed by atoms with van der Waals surface area (Å²) in [5.41, 5.74) is 0. The van der Waals surface area contributed by atoms with Crippen molar-refractivity contribution < 1.29 is 0 Å². The number of nitrogens with zero attached hydrogens (tertiary/aromatic N) is 3. The average Bonchev–Trinajstić information content (AvgIpc) is 2.50. The van der Waals surface area contributed by atoms with Crippen molar-refractivity contribution in [1.29, 1.82) is 0 Å². The summed E-state index contributed by atoms with van der Waals surface area (Å²) in [6, 6.07) is 0. The first kappa shape index (κ1) is 12.3. The number of hydrogen-bond donors (Lipinski definition) is 1. The summed E-state index contributed by atoms with van der Waals surface area (Å²) >= 11 is 0. The van der Waals surface area contributed by atoms with Gasteiger partial charge in [0.25, 0.3) is 0 Å². The molecular formula is C9H23N4P. The van der Waals surface area contributed by atoms with Gasteiger partial charge in [-0.05, 0) is 14.1 Å². The molecule has 2 rings (SSSR count). The molecule has 14 heavy (non-hydrogen) atoms. The third-order valence-electron chi connectivity index (χ3n) is 2.56. The quantitative estimate of drug-likeness (QED) is 0.612. The fourth-order valence-electron chi connectivity index (χ4n) is 1.70. The van der Waals surface area contributed by atoms with Crippen LogP contribution in [0.2, 0.25) is 0 Å². The van der Waals surface area contributed by atoms with Gasteiger partial charge in [0.1, 0.15) is 8.37 Å². The van der Waals surface area contributed by atoms with Crippen molar-refractivity contribution in [3.05, 3.63) is 0 Å². The molecule has 0 spiro atoms. The zero-order valence-corrected chi connectivity index (χ0v) is 10.7. The van der Waals surface area contributed by atoms with Gasteiger partial charge in [-0.15, -0.1) is 0 Å². The van der Waals surface area contributed by atoms with E-state index in [2.05, 4.69) is 33.4 Å². The lowest BCUT2D eigenvalue weighted by Crippen LogP contribution is -2.36. The summed E-state index contributed by atoms with van der Waals surface area (Å²) in [5, 5.41) is 3.59. The van der Waals surface area contributed by atoms with E-state index < -0.39 is 0 Å². The zero-order valence-electron chi connectivity index (χ0n) is 9.82. The van der Waals surface area contributed by atoms with Crippen LogP contribution in [0.3, 0.4) is 0 Å². The molecule has 0 radical (unpaired) electrons. The highest BCUT2D eigenvalue weighted by Crippen LogP contribution is 2.39. The molecule has 2 aliphatic rings. The molecule has 5 heteroatoms. The minimum absolute atomic E-state index is 0.204. The molecule has 0 unspecified atom stereocenters. The van der Waals surface area contributed by atoms with Crippen molar-refractivity contribution in [3.63, 3.8) is 0 Å². The maximum absolute atomic E-state index is 3.59. The first-order valence-corrected chi connectivity index (χ1v) is 6.70. The van der Waals surface area contributed by atoms with Crippen LogP contribution in [-0.4, -0.2) is 61.2 Å². The van der Waals surface area contributed by atoms with Gasteiger partial charge in [-0.25, -0.2) is 0 Å². The second-order valence-electron chi connectivity index (χ2n) is 3.49. The Balaban J connectivity index is 0.000000461. The second-order valence-corrected chi connectivity index (χ2v) is 5.75. The second kappa shape index (κ2) is 5.99. The number of hydrogen-bond acceptors (Lipinski definition) is 4. The number of likely N-dealkylation sites (N-methyl/N-ethyl adjacent to an activating group) is 2. The molecule has 0 saturated carbocycles. The van der Waals surface area contributed by atoms with E-state index in [1.54, 1.807) is 0 Å². The van der Waals surface area contributed by atoms with E-state index in [9.17, 15) is 0 Å². The number of nitrogens with one attached hydrogen (secondary N) is 1. The van der Waals surface area contributed by atoms with Gasteiger partial charge in [0, 0.05) is 26.2 Å². The van der Waals surface area contributed by atoms with Crippen LogP contribution in [0.1, 0.15) is 13.8 Å². The molecule has 0 aromatic rings. The van der Waals surface area contributed by atoms with E-state index in [0.717, 1.165) is 6.67 Å². The molecule has 1 N–H and O–H groups in total. The van der Waals surface area contributed by atoms with Crippen molar-refractivity contribution in [2.45, 2.75) is 13.8 Å². The summed E-state index contributed by atoms with van der Waals surface area (Å²) in [6.45, 7) is 9.90. The lowest BCUT2D eigenvalue weighted by molar-refractivity contribution is 0.255. The predicted molar refractivity (Wildman–Crippen MR) is 63.1 cm³/mol. The normalized spacial score (nSPS) is 34.3. The maximum Gasteiger partial charge on any atom is 0.118 e. The molecule has 2 bridgehead atoms. The Morgan fingerprint density at radius 2 is 1.43 bits per heavy atom. The van der Waals surface area contributed by atoms with Crippen LogP contribution in [-0.2, 0) is 0 Å². The van der Waals surface area contributed by atoms with E-state index in [-0.39, 0.29) is 8.37 Å². The molecular weight excluding hydrogens is 195 g/mol. The zero-order chi connectivity index (χ0) is 10.6. The Labute approximate surface area is 89.2 Å². The fourth-order valence-corrected chi connectivity index (χ4v) is 3.59. The van der Waals surface area contributed by atoms with E-state index in [0.29, 0.717) is 0 Å². The molecule has 0 amide bonds. The molecule has 2 saturated heterocycles. The van der Waals surface area contributed by atoms with E-state index in [1.807, 2.05) is 13.8 Å². The first-order valence-electron chi connectivity index (χ1n) is 5.45. The van der Waals surface area contributed by atoms with Crippen LogP contribution < -0.4 is 5.09 Å². The van der Waals surface area contributed by atoms with Gasteiger partial charge < -0.3 is 0 Å². The summed E-state index contributed by atoms with van der Waals surface area (Å²) < 4.78 is 4.88. The summed E-state index contributed by atoms with van der Waals surface area (Å²) in [6.07, 6.45) is 0. The Morgan fingerprint density at radius 3 is 1.93 bits per heavy atom. The van der Waals surface area contributed by atoms with Crippen LogP contribution in [0.15, 0.2) is 0 Å². The van der Waals surface area contributed by atoms with E-state index in [1.165, 1.54) is 26.2 Å². The van der Waals surface area contributed by atoms with Crippen LogP contribution in [0.5, 0.6) is 0 Å². The van der Waals surface area contributed by atoms with E-state index >= 15 is 0 Å². The third-order valence-corrected chi connectivity index (χ3v) is 4.68. The Morgan fingerprint density at radius 1 is 0.929 bits per heavy atom. The van der Waals surface area contributed by atoms with Gasteiger partial charge in [-0.1, -0.05) is 13.8 Å². The lowest BCUT2D eigenvalue weighted by Gasteiger charge is -2.33. The third kappa shape index (κ3) is 2.88. The highest BCUT2D eigenvalue weighted by molar-refractivity contribution is 7.50. The molecule has 2 heterocycles. The van der Waals surface area contributed by atoms with Crippen molar-refractivity contribution >= 4 is 8.37 Å². The average molecular weight is 218 g/mol. The number of fused-ring (bicyclic) bond motifs is 3. The van der Waals surface area contributed by atoms with Crippen LogP contribution >= 0.6 is 8.37 Å². The van der Waals surface area contributed by atoms with Gasteiger partial charge in [-0.3, -0.25) is 19.3 Å². The lowest BCUT2D eigenvalue weighted by atomic mass is 10.5. The monoisotopic (exact) mass is 218 g/mol. The molecule has 4 nitrogen and oxygen atoms in total. The van der Waals surface area contributed by atoms with Crippen LogP contribution in [0.25, 0.3) is 0 Å². The largest absolute Gasteiger partial charge is 0.288 e. The molecule has 0 aromatic heterocycles. The number of rotatable bonds is 0. The SMILES string of the molecule is CC.CN1CCN2CCN(C)P1NC2.